The standard InChI is InChI=1S/C17H24N4O2/c1-13(2)21-10-8-20(9-11-21)12-16-18-19-17(23-16)14-4-6-15(22-3)7-5-14/h4-7,13H,8-12H2,1-3H3. The van der Waals surface area contributed by atoms with Gasteiger partial charge in [-0.25, -0.2) is 0 Å². The van der Waals surface area contributed by atoms with Crippen molar-refractivity contribution in [1.29, 1.82) is 0 Å². The minimum absolute atomic E-state index is 0.559. The summed E-state index contributed by atoms with van der Waals surface area (Å²) in [5.74, 6) is 2.05. The van der Waals surface area contributed by atoms with Gasteiger partial charge in [0.15, 0.2) is 0 Å². The molecule has 2 heterocycles. The molecule has 23 heavy (non-hydrogen) atoms. The zero-order valence-electron chi connectivity index (χ0n) is 14.0. The largest absolute Gasteiger partial charge is 0.497 e. The van der Waals surface area contributed by atoms with Crippen LogP contribution in [0.3, 0.4) is 0 Å². The molecule has 1 aliphatic heterocycles. The van der Waals surface area contributed by atoms with Gasteiger partial charge in [0.05, 0.1) is 13.7 Å². The first kappa shape index (κ1) is 16.0. The Hall–Kier alpha value is -1.92. The molecule has 6 nitrogen and oxygen atoms in total. The Bertz CT molecular complexity index is 616. The van der Waals surface area contributed by atoms with Crippen molar-refractivity contribution in [3.63, 3.8) is 0 Å². The second kappa shape index (κ2) is 7.10. The molecule has 1 aromatic carbocycles. The number of benzene rings is 1. The Morgan fingerprint density at radius 1 is 1.09 bits per heavy atom. The predicted octanol–water partition coefficient (Wildman–Crippen LogP) is 2.27. The lowest BCUT2D eigenvalue weighted by atomic mass is 10.2. The third-order valence-electron chi connectivity index (χ3n) is 4.30. The first-order valence-electron chi connectivity index (χ1n) is 8.09. The van der Waals surface area contributed by atoms with E-state index in [1.54, 1.807) is 7.11 Å². The summed E-state index contributed by atoms with van der Waals surface area (Å²) in [4.78, 5) is 4.86. The number of hydrogen-bond donors (Lipinski definition) is 0. The Labute approximate surface area is 137 Å². The average molecular weight is 316 g/mol. The van der Waals surface area contributed by atoms with E-state index in [-0.39, 0.29) is 0 Å². The minimum atomic E-state index is 0.559. The highest BCUT2D eigenvalue weighted by Gasteiger charge is 2.20. The molecule has 0 bridgehead atoms. The van der Waals surface area contributed by atoms with Gasteiger partial charge in [0.25, 0.3) is 0 Å². The lowest BCUT2D eigenvalue weighted by Crippen LogP contribution is -2.48. The van der Waals surface area contributed by atoms with E-state index in [0.29, 0.717) is 17.8 Å². The van der Waals surface area contributed by atoms with Gasteiger partial charge in [0.2, 0.25) is 11.8 Å². The maximum Gasteiger partial charge on any atom is 0.247 e. The third kappa shape index (κ3) is 3.89. The van der Waals surface area contributed by atoms with Gasteiger partial charge in [0.1, 0.15) is 5.75 Å². The van der Waals surface area contributed by atoms with Crippen molar-refractivity contribution in [2.75, 3.05) is 33.3 Å². The maximum absolute atomic E-state index is 5.80. The monoisotopic (exact) mass is 316 g/mol. The van der Waals surface area contributed by atoms with E-state index in [0.717, 1.165) is 44.0 Å². The molecule has 0 amide bonds. The van der Waals surface area contributed by atoms with E-state index >= 15 is 0 Å². The average Bonchev–Trinajstić information content (AvgIpc) is 3.04. The highest BCUT2D eigenvalue weighted by molar-refractivity contribution is 5.53. The summed E-state index contributed by atoms with van der Waals surface area (Å²) in [5, 5.41) is 8.34. The van der Waals surface area contributed by atoms with Crippen LogP contribution in [0.5, 0.6) is 5.75 Å². The Balaban J connectivity index is 1.59. The number of ether oxygens (including phenoxy) is 1. The van der Waals surface area contributed by atoms with Crippen LogP contribution in [0.1, 0.15) is 19.7 Å². The summed E-state index contributed by atoms with van der Waals surface area (Å²) < 4.78 is 11.0. The molecule has 0 spiro atoms. The van der Waals surface area contributed by atoms with Crippen LogP contribution in [0.15, 0.2) is 28.7 Å². The number of piperazine rings is 1. The van der Waals surface area contributed by atoms with Gasteiger partial charge >= 0.3 is 0 Å². The van der Waals surface area contributed by atoms with Crippen molar-refractivity contribution in [2.24, 2.45) is 0 Å². The zero-order valence-corrected chi connectivity index (χ0v) is 14.0. The summed E-state index contributed by atoms with van der Waals surface area (Å²) in [5.41, 5.74) is 0.911. The smallest absolute Gasteiger partial charge is 0.247 e. The van der Waals surface area contributed by atoms with Gasteiger partial charge in [-0.3, -0.25) is 9.80 Å². The molecule has 1 aromatic heterocycles. The van der Waals surface area contributed by atoms with E-state index in [9.17, 15) is 0 Å². The minimum Gasteiger partial charge on any atom is -0.497 e. The lowest BCUT2D eigenvalue weighted by molar-refractivity contribution is 0.0979. The molecule has 0 saturated carbocycles. The van der Waals surface area contributed by atoms with Crippen molar-refractivity contribution in [3.05, 3.63) is 30.2 Å². The Kier molecular flexibility index (Phi) is 4.93. The van der Waals surface area contributed by atoms with Crippen molar-refractivity contribution < 1.29 is 9.15 Å². The van der Waals surface area contributed by atoms with Crippen LogP contribution >= 0.6 is 0 Å². The van der Waals surface area contributed by atoms with E-state index in [1.807, 2.05) is 24.3 Å². The fourth-order valence-corrected chi connectivity index (χ4v) is 2.80. The van der Waals surface area contributed by atoms with Crippen LogP contribution in [0, 0.1) is 0 Å². The van der Waals surface area contributed by atoms with Crippen molar-refractivity contribution in [1.82, 2.24) is 20.0 Å². The van der Waals surface area contributed by atoms with Crippen LogP contribution in [0.2, 0.25) is 0 Å². The van der Waals surface area contributed by atoms with Crippen LogP contribution in [0.25, 0.3) is 11.5 Å². The topological polar surface area (TPSA) is 54.6 Å². The molecule has 3 rings (SSSR count). The molecule has 0 N–H and O–H groups in total. The number of rotatable bonds is 5. The molecular formula is C17H24N4O2. The Morgan fingerprint density at radius 3 is 2.39 bits per heavy atom. The number of methoxy groups -OCH3 is 1. The van der Waals surface area contributed by atoms with E-state index in [4.69, 9.17) is 9.15 Å². The van der Waals surface area contributed by atoms with Gasteiger partial charge in [-0.1, -0.05) is 0 Å². The first-order valence-corrected chi connectivity index (χ1v) is 8.09. The van der Waals surface area contributed by atoms with Crippen LogP contribution in [-0.2, 0) is 6.54 Å². The van der Waals surface area contributed by atoms with Gasteiger partial charge in [-0.2, -0.15) is 0 Å². The third-order valence-corrected chi connectivity index (χ3v) is 4.30. The summed E-state index contributed by atoms with van der Waals surface area (Å²) in [6.45, 7) is 9.48. The molecule has 1 aliphatic rings. The quantitative estimate of drug-likeness (QED) is 0.843. The molecule has 1 fully saturated rings. The van der Waals surface area contributed by atoms with Crippen molar-refractivity contribution >= 4 is 0 Å². The first-order chi connectivity index (χ1) is 11.2. The second-order valence-electron chi connectivity index (χ2n) is 6.14. The summed E-state index contributed by atoms with van der Waals surface area (Å²) >= 11 is 0. The molecular weight excluding hydrogens is 292 g/mol. The molecule has 0 aliphatic carbocycles. The fraction of sp³-hybridized carbons (Fsp3) is 0.529. The molecule has 1 saturated heterocycles. The van der Waals surface area contributed by atoms with E-state index in [1.165, 1.54) is 0 Å². The highest BCUT2D eigenvalue weighted by atomic mass is 16.5. The number of nitrogens with zero attached hydrogens (tertiary/aromatic N) is 4. The SMILES string of the molecule is COc1ccc(-c2nnc(CN3CCN(C(C)C)CC3)o2)cc1. The summed E-state index contributed by atoms with van der Waals surface area (Å²) in [7, 11) is 1.65. The van der Waals surface area contributed by atoms with Crippen LogP contribution in [-0.4, -0.2) is 59.3 Å². The van der Waals surface area contributed by atoms with Gasteiger partial charge in [-0.05, 0) is 38.1 Å². The fourth-order valence-electron chi connectivity index (χ4n) is 2.80. The van der Waals surface area contributed by atoms with E-state index in [2.05, 4.69) is 33.8 Å². The van der Waals surface area contributed by atoms with Crippen molar-refractivity contribution in [3.8, 4) is 17.2 Å². The van der Waals surface area contributed by atoms with Crippen molar-refractivity contribution in [2.45, 2.75) is 26.4 Å². The lowest BCUT2D eigenvalue weighted by Gasteiger charge is -2.36. The predicted molar refractivity (Wildman–Crippen MR) is 88.3 cm³/mol. The van der Waals surface area contributed by atoms with Crippen LogP contribution < -0.4 is 4.74 Å². The second-order valence-corrected chi connectivity index (χ2v) is 6.14. The zero-order chi connectivity index (χ0) is 16.2. The molecule has 0 radical (unpaired) electrons. The molecule has 124 valence electrons. The number of hydrogen-bond acceptors (Lipinski definition) is 6. The normalized spacial score (nSPS) is 16.9. The highest BCUT2D eigenvalue weighted by Crippen LogP contribution is 2.21. The summed E-state index contributed by atoms with van der Waals surface area (Å²) in [6.07, 6.45) is 0. The molecule has 2 aromatic rings. The molecule has 6 heteroatoms. The molecule has 0 atom stereocenters. The van der Waals surface area contributed by atoms with Gasteiger partial charge < -0.3 is 9.15 Å². The van der Waals surface area contributed by atoms with E-state index < -0.39 is 0 Å². The maximum atomic E-state index is 5.80. The van der Waals surface area contributed by atoms with Gasteiger partial charge in [-0.15, -0.1) is 10.2 Å². The van der Waals surface area contributed by atoms with Gasteiger partial charge in [0, 0.05) is 37.8 Å². The Morgan fingerprint density at radius 2 is 1.78 bits per heavy atom. The number of aromatic nitrogens is 2. The molecule has 0 unspecified atom stereocenters. The summed E-state index contributed by atoms with van der Waals surface area (Å²) in [6, 6.07) is 8.26. The van der Waals surface area contributed by atoms with Crippen LogP contribution in [0.4, 0.5) is 0 Å².